The second-order valence-corrected chi connectivity index (χ2v) is 5.44. The van der Waals surface area contributed by atoms with Crippen molar-refractivity contribution in [1.82, 2.24) is 9.55 Å². The van der Waals surface area contributed by atoms with Crippen molar-refractivity contribution < 1.29 is 0 Å². The average molecular weight is 271 g/mol. The van der Waals surface area contributed by atoms with Crippen molar-refractivity contribution in [2.75, 3.05) is 0 Å². The van der Waals surface area contributed by atoms with Crippen molar-refractivity contribution in [1.29, 1.82) is 0 Å². The first-order chi connectivity index (χ1) is 9.49. The molecule has 20 heavy (non-hydrogen) atoms. The normalized spacial score (nSPS) is 12.7. The minimum absolute atomic E-state index is 0.0487. The van der Waals surface area contributed by atoms with Crippen LogP contribution in [0.3, 0.4) is 0 Å². The van der Waals surface area contributed by atoms with Gasteiger partial charge in [0.2, 0.25) is 0 Å². The zero-order chi connectivity index (χ0) is 14.7. The third-order valence-electron chi connectivity index (χ3n) is 3.37. The van der Waals surface area contributed by atoms with E-state index in [1.807, 2.05) is 51.1 Å². The van der Waals surface area contributed by atoms with Crippen LogP contribution in [0.25, 0.3) is 0 Å². The van der Waals surface area contributed by atoms with Crippen LogP contribution in [0.15, 0.2) is 41.2 Å². The summed E-state index contributed by atoms with van der Waals surface area (Å²) in [5.41, 5.74) is 7.94. The first kappa shape index (κ1) is 14.5. The minimum Gasteiger partial charge on any atom is -0.321 e. The molecule has 2 aromatic rings. The Labute approximate surface area is 119 Å². The SMILES string of the molecule is Cc1cc(=O)n(Cc2ccccc2)c(C(N)C(C)C)n1. The highest BCUT2D eigenvalue weighted by Crippen LogP contribution is 2.17. The van der Waals surface area contributed by atoms with Crippen molar-refractivity contribution in [3.8, 4) is 0 Å². The Kier molecular flexibility index (Phi) is 4.35. The van der Waals surface area contributed by atoms with Gasteiger partial charge >= 0.3 is 0 Å². The molecule has 0 saturated carbocycles. The number of aryl methyl sites for hydroxylation is 1. The quantitative estimate of drug-likeness (QED) is 0.927. The highest BCUT2D eigenvalue weighted by molar-refractivity contribution is 5.17. The van der Waals surface area contributed by atoms with Crippen LogP contribution in [0.1, 0.15) is 37.0 Å². The van der Waals surface area contributed by atoms with E-state index in [-0.39, 0.29) is 17.5 Å². The Morgan fingerprint density at radius 1 is 1.25 bits per heavy atom. The lowest BCUT2D eigenvalue weighted by atomic mass is 10.0. The van der Waals surface area contributed by atoms with E-state index in [4.69, 9.17) is 5.73 Å². The fourth-order valence-electron chi connectivity index (χ4n) is 2.12. The molecule has 1 atom stereocenters. The number of benzene rings is 1. The van der Waals surface area contributed by atoms with E-state index in [0.717, 1.165) is 5.56 Å². The van der Waals surface area contributed by atoms with Gasteiger partial charge in [0.15, 0.2) is 0 Å². The van der Waals surface area contributed by atoms with Gasteiger partial charge in [0.25, 0.3) is 5.56 Å². The summed E-state index contributed by atoms with van der Waals surface area (Å²) in [6.07, 6.45) is 0. The third-order valence-corrected chi connectivity index (χ3v) is 3.37. The average Bonchev–Trinajstić information content (AvgIpc) is 2.41. The van der Waals surface area contributed by atoms with E-state index in [2.05, 4.69) is 4.98 Å². The van der Waals surface area contributed by atoms with Gasteiger partial charge in [0, 0.05) is 11.8 Å². The van der Waals surface area contributed by atoms with Crippen LogP contribution in [-0.2, 0) is 6.54 Å². The van der Waals surface area contributed by atoms with Crippen molar-refractivity contribution in [2.45, 2.75) is 33.4 Å². The van der Waals surface area contributed by atoms with Crippen LogP contribution in [0.2, 0.25) is 0 Å². The van der Waals surface area contributed by atoms with E-state index in [1.54, 1.807) is 10.6 Å². The molecule has 1 aromatic carbocycles. The number of rotatable bonds is 4. The third kappa shape index (κ3) is 3.14. The van der Waals surface area contributed by atoms with E-state index >= 15 is 0 Å². The lowest BCUT2D eigenvalue weighted by Gasteiger charge is -2.20. The van der Waals surface area contributed by atoms with Crippen molar-refractivity contribution in [3.05, 3.63) is 63.8 Å². The molecule has 1 heterocycles. The molecule has 0 spiro atoms. The molecule has 0 bridgehead atoms. The Balaban J connectivity index is 2.48. The van der Waals surface area contributed by atoms with Gasteiger partial charge in [-0.05, 0) is 18.4 Å². The molecule has 0 fully saturated rings. The number of nitrogens with zero attached hydrogens (tertiary/aromatic N) is 2. The molecule has 106 valence electrons. The summed E-state index contributed by atoms with van der Waals surface area (Å²) in [5.74, 6) is 0.888. The molecule has 4 nitrogen and oxygen atoms in total. The molecule has 0 amide bonds. The fourth-order valence-corrected chi connectivity index (χ4v) is 2.12. The van der Waals surface area contributed by atoms with Crippen LogP contribution in [0, 0.1) is 12.8 Å². The lowest BCUT2D eigenvalue weighted by Crippen LogP contribution is -2.32. The Bertz CT molecular complexity index is 632. The van der Waals surface area contributed by atoms with Gasteiger partial charge in [-0.3, -0.25) is 9.36 Å². The Morgan fingerprint density at radius 2 is 1.90 bits per heavy atom. The highest BCUT2D eigenvalue weighted by Gasteiger charge is 2.18. The van der Waals surface area contributed by atoms with Crippen molar-refractivity contribution >= 4 is 0 Å². The smallest absolute Gasteiger partial charge is 0.254 e. The fraction of sp³-hybridized carbons (Fsp3) is 0.375. The number of aromatic nitrogens is 2. The maximum absolute atomic E-state index is 12.3. The summed E-state index contributed by atoms with van der Waals surface area (Å²) in [4.78, 5) is 16.7. The second kappa shape index (κ2) is 6.01. The zero-order valence-corrected chi connectivity index (χ0v) is 12.2. The molecule has 0 aliphatic heterocycles. The summed E-state index contributed by atoms with van der Waals surface area (Å²) < 4.78 is 1.67. The Morgan fingerprint density at radius 3 is 2.50 bits per heavy atom. The molecular weight excluding hydrogens is 250 g/mol. The van der Waals surface area contributed by atoms with Gasteiger partial charge in [-0.25, -0.2) is 4.98 Å². The van der Waals surface area contributed by atoms with Gasteiger partial charge in [0.05, 0.1) is 12.6 Å². The Hall–Kier alpha value is -1.94. The van der Waals surface area contributed by atoms with E-state index < -0.39 is 0 Å². The maximum Gasteiger partial charge on any atom is 0.254 e. The predicted molar refractivity (Wildman–Crippen MR) is 80.5 cm³/mol. The van der Waals surface area contributed by atoms with Crippen molar-refractivity contribution in [3.63, 3.8) is 0 Å². The number of nitrogens with two attached hydrogens (primary N) is 1. The highest BCUT2D eigenvalue weighted by atomic mass is 16.1. The molecule has 1 aromatic heterocycles. The molecule has 4 heteroatoms. The van der Waals surface area contributed by atoms with Crippen molar-refractivity contribution in [2.24, 2.45) is 11.7 Å². The molecular formula is C16H21N3O. The first-order valence-corrected chi connectivity index (χ1v) is 6.87. The van der Waals surface area contributed by atoms with Crippen LogP contribution in [-0.4, -0.2) is 9.55 Å². The zero-order valence-electron chi connectivity index (χ0n) is 12.2. The van der Waals surface area contributed by atoms with Gasteiger partial charge in [-0.1, -0.05) is 44.2 Å². The standard InChI is InChI=1S/C16H21N3O/c1-11(2)15(17)16-18-12(3)9-14(20)19(16)10-13-7-5-4-6-8-13/h4-9,11,15H,10,17H2,1-3H3. The summed E-state index contributed by atoms with van der Waals surface area (Å²) in [6, 6.07) is 11.2. The molecule has 0 aliphatic carbocycles. The molecule has 0 aliphatic rings. The summed E-state index contributed by atoms with van der Waals surface area (Å²) in [7, 11) is 0. The number of hydrogen-bond acceptors (Lipinski definition) is 3. The van der Waals surface area contributed by atoms with E-state index in [9.17, 15) is 4.79 Å². The van der Waals surface area contributed by atoms with Crippen LogP contribution in [0.4, 0.5) is 0 Å². The molecule has 1 unspecified atom stereocenters. The van der Waals surface area contributed by atoms with Gasteiger partial charge in [0.1, 0.15) is 5.82 Å². The maximum atomic E-state index is 12.3. The molecule has 2 rings (SSSR count). The van der Waals surface area contributed by atoms with Crippen LogP contribution >= 0.6 is 0 Å². The summed E-state index contributed by atoms with van der Waals surface area (Å²) in [5, 5.41) is 0. The van der Waals surface area contributed by atoms with E-state index in [1.165, 1.54) is 0 Å². The van der Waals surface area contributed by atoms with Gasteiger partial charge < -0.3 is 5.73 Å². The summed E-state index contributed by atoms with van der Waals surface area (Å²) in [6.45, 7) is 6.39. The largest absolute Gasteiger partial charge is 0.321 e. The monoisotopic (exact) mass is 271 g/mol. The van der Waals surface area contributed by atoms with Crippen LogP contribution < -0.4 is 11.3 Å². The van der Waals surface area contributed by atoms with Crippen LogP contribution in [0.5, 0.6) is 0 Å². The molecule has 0 saturated heterocycles. The van der Waals surface area contributed by atoms with Gasteiger partial charge in [-0.2, -0.15) is 0 Å². The van der Waals surface area contributed by atoms with E-state index in [0.29, 0.717) is 18.1 Å². The summed E-state index contributed by atoms with van der Waals surface area (Å²) >= 11 is 0. The predicted octanol–water partition coefficient (Wildman–Crippen LogP) is 2.26. The number of hydrogen-bond donors (Lipinski definition) is 1. The minimum atomic E-state index is -0.244. The molecule has 2 N–H and O–H groups in total. The van der Waals surface area contributed by atoms with Gasteiger partial charge in [-0.15, -0.1) is 0 Å². The lowest BCUT2D eigenvalue weighted by molar-refractivity contribution is 0.459. The second-order valence-electron chi connectivity index (χ2n) is 5.44. The topological polar surface area (TPSA) is 60.9 Å². The molecule has 0 radical (unpaired) electrons. The first-order valence-electron chi connectivity index (χ1n) is 6.87.